The van der Waals surface area contributed by atoms with Crippen molar-refractivity contribution in [2.75, 3.05) is 26.2 Å². The third-order valence-corrected chi connectivity index (χ3v) is 4.07. The number of hydrogen-bond donors (Lipinski definition) is 1. The average molecular weight is 254 g/mol. The maximum Gasteiger partial charge on any atom is 0.00931 e. The van der Waals surface area contributed by atoms with Crippen LogP contribution in [0.3, 0.4) is 0 Å². The first-order valence-corrected chi connectivity index (χ1v) is 8.18. The molecule has 1 saturated heterocycles. The molecule has 0 aliphatic carbocycles. The molecule has 1 N–H and O–H groups in total. The van der Waals surface area contributed by atoms with Crippen LogP contribution in [0.4, 0.5) is 0 Å². The van der Waals surface area contributed by atoms with Crippen LogP contribution in [0.15, 0.2) is 0 Å². The first-order chi connectivity index (χ1) is 8.74. The van der Waals surface area contributed by atoms with Gasteiger partial charge in [0.05, 0.1) is 0 Å². The van der Waals surface area contributed by atoms with Crippen molar-refractivity contribution in [2.24, 2.45) is 5.92 Å². The zero-order valence-electron chi connectivity index (χ0n) is 12.9. The number of hydrogen-bond acceptors (Lipinski definition) is 2. The highest BCUT2D eigenvalue weighted by Crippen LogP contribution is 2.20. The van der Waals surface area contributed by atoms with Gasteiger partial charge in [0.2, 0.25) is 0 Å². The van der Waals surface area contributed by atoms with Gasteiger partial charge >= 0.3 is 0 Å². The van der Waals surface area contributed by atoms with E-state index in [0.717, 1.165) is 12.0 Å². The number of nitrogens with zero attached hydrogens (tertiary/aromatic N) is 1. The molecule has 2 heteroatoms. The van der Waals surface area contributed by atoms with Crippen LogP contribution < -0.4 is 5.32 Å². The Morgan fingerprint density at radius 3 is 2.67 bits per heavy atom. The lowest BCUT2D eigenvalue weighted by atomic mass is 10.1. The predicted octanol–water partition coefficient (Wildman–Crippen LogP) is 3.67. The molecule has 1 heterocycles. The molecular weight excluding hydrogens is 220 g/mol. The summed E-state index contributed by atoms with van der Waals surface area (Å²) in [6.45, 7) is 12.0. The van der Waals surface area contributed by atoms with E-state index in [4.69, 9.17) is 0 Å². The molecule has 0 amide bonds. The van der Waals surface area contributed by atoms with E-state index in [9.17, 15) is 0 Å². The van der Waals surface area contributed by atoms with Gasteiger partial charge in [-0.2, -0.15) is 0 Å². The van der Waals surface area contributed by atoms with Gasteiger partial charge in [0.15, 0.2) is 0 Å². The van der Waals surface area contributed by atoms with Gasteiger partial charge in [-0.1, -0.05) is 33.6 Å². The largest absolute Gasteiger partial charge is 0.316 e. The van der Waals surface area contributed by atoms with Crippen LogP contribution in [0.5, 0.6) is 0 Å². The number of nitrogens with one attached hydrogen (secondary N) is 1. The minimum absolute atomic E-state index is 0.783. The molecule has 1 unspecified atom stereocenters. The van der Waals surface area contributed by atoms with Gasteiger partial charge in [-0.15, -0.1) is 0 Å². The third kappa shape index (κ3) is 6.75. The summed E-state index contributed by atoms with van der Waals surface area (Å²) in [6.07, 6.45) is 9.78. The van der Waals surface area contributed by atoms with Gasteiger partial charge in [-0.05, 0) is 64.2 Å². The fourth-order valence-corrected chi connectivity index (χ4v) is 2.96. The third-order valence-electron chi connectivity index (χ3n) is 4.07. The maximum absolute atomic E-state index is 3.52. The zero-order valence-corrected chi connectivity index (χ0v) is 12.9. The number of rotatable bonds is 10. The Hall–Kier alpha value is -0.0800. The van der Waals surface area contributed by atoms with E-state index in [1.807, 2.05) is 0 Å². The van der Waals surface area contributed by atoms with Crippen molar-refractivity contribution < 1.29 is 0 Å². The molecule has 108 valence electrons. The van der Waals surface area contributed by atoms with Gasteiger partial charge in [0.25, 0.3) is 0 Å². The second kappa shape index (κ2) is 9.80. The number of unbranched alkanes of at least 4 members (excludes halogenated alkanes) is 3. The summed E-state index contributed by atoms with van der Waals surface area (Å²) in [6, 6.07) is 0.901. The molecule has 0 aromatic rings. The molecule has 0 radical (unpaired) electrons. The minimum atomic E-state index is 0.783. The van der Waals surface area contributed by atoms with Crippen LogP contribution in [0.2, 0.25) is 0 Å². The average Bonchev–Trinajstić information content (AvgIpc) is 2.79. The first kappa shape index (κ1) is 16.0. The van der Waals surface area contributed by atoms with E-state index in [-0.39, 0.29) is 0 Å². The van der Waals surface area contributed by atoms with Gasteiger partial charge in [0, 0.05) is 6.04 Å². The first-order valence-electron chi connectivity index (χ1n) is 8.18. The molecule has 18 heavy (non-hydrogen) atoms. The molecule has 0 bridgehead atoms. The molecule has 0 saturated carbocycles. The van der Waals surface area contributed by atoms with Crippen LogP contribution in [0.1, 0.15) is 65.7 Å². The van der Waals surface area contributed by atoms with E-state index in [2.05, 4.69) is 31.0 Å². The topological polar surface area (TPSA) is 15.3 Å². The summed E-state index contributed by atoms with van der Waals surface area (Å²) < 4.78 is 0. The summed E-state index contributed by atoms with van der Waals surface area (Å²) in [7, 11) is 0. The Kier molecular flexibility index (Phi) is 8.70. The van der Waals surface area contributed by atoms with Gasteiger partial charge in [0.1, 0.15) is 0 Å². The molecule has 0 aromatic heterocycles. The quantitative estimate of drug-likeness (QED) is 0.598. The van der Waals surface area contributed by atoms with Crippen LogP contribution in [0.25, 0.3) is 0 Å². The molecule has 1 rings (SSSR count). The Balaban J connectivity index is 1.86. The fraction of sp³-hybridized carbons (Fsp3) is 1.00. The van der Waals surface area contributed by atoms with Crippen LogP contribution in [-0.4, -0.2) is 37.1 Å². The number of likely N-dealkylation sites (tertiary alicyclic amines) is 1. The van der Waals surface area contributed by atoms with Crippen molar-refractivity contribution >= 4 is 0 Å². The maximum atomic E-state index is 3.52. The zero-order chi connectivity index (χ0) is 13.2. The smallest absolute Gasteiger partial charge is 0.00931 e. The standard InChI is InChI=1S/C16H34N2/c1-4-16-10-9-13-18(16)12-8-6-5-7-11-17-14-15(2)3/h15-17H,4-14H2,1-3H3. The van der Waals surface area contributed by atoms with Gasteiger partial charge in [-0.3, -0.25) is 0 Å². The molecule has 1 fully saturated rings. The Labute approximate surface area is 115 Å². The van der Waals surface area contributed by atoms with Crippen LogP contribution in [-0.2, 0) is 0 Å². The highest BCUT2D eigenvalue weighted by molar-refractivity contribution is 4.77. The summed E-state index contributed by atoms with van der Waals surface area (Å²) in [5.41, 5.74) is 0. The van der Waals surface area contributed by atoms with E-state index < -0.39 is 0 Å². The second-order valence-corrected chi connectivity index (χ2v) is 6.25. The molecule has 1 aliphatic rings. The highest BCUT2D eigenvalue weighted by Gasteiger charge is 2.21. The Morgan fingerprint density at radius 2 is 1.94 bits per heavy atom. The Morgan fingerprint density at radius 1 is 1.17 bits per heavy atom. The van der Waals surface area contributed by atoms with Gasteiger partial charge in [-0.25, -0.2) is 0 Å². The normalized spacial score (nSPS) is 21.0. The van der Waals surface area contributed by atoms with E-state index in [0.29, 0.717) is 0 Å². The lowest BCUT2D eigenvalue weighted by Crippen LogP contribution is -2.29. The van der Waals surface area contributed by atoms with E-state index in [1.54, 1.807) is 0 Å². The van der Waals surface area contributed by atoms with Crippen molar-refractivity contribution in [3.63, 3.8) is 0 Å². The van der Waals surface area contributed by atoms with Crippen molar-refractivity contribution in [1.29, 1.82) is 0 Å². The van der Waals surface area contributed by atoms with Gasteiger partial charge < -0.3 is 10.2 Å². The molecule has 2 nitrogen and oxygen atoms in total. The van der Waals surface area contributed by atoms with Crippen molar-refractivity contribution in [2.45, 2.75) is 71.8 Å². The van der Waals surface area contributed by atoms with Crippen molar-refractivity contribution in [3.8, 4) is 0 Å². The van der Waals surface area contributed by atoms with E-state index in [1.165, 1.54) is 71.1 Å². The monoisotopic (exact) mass is 254 g/mol. The summed E-state index contributed by atoms with van der Waals surface area (Å²) >= 11 is 0. The lowest BCUT2D eigenvalue weighted by molar-refractivity contribution is 0.242. The molecule has 0 spiro atoms. The molecule has 1 atom stereocenters. The summed E-state index contributed by atoms with van der Waals surface area (Å²) in [4.78, 5) is 2.72. The minimum Gasteiger partial charge on any atom is -0.316 e. The van der Waals surface area contributed by atoms with Crippen molar-refractivity contribution in [1.82, 2.24) is 10.2 Å². The van der Waals surface area contributed by atoms with Crippen molar-refractivity contribution in [3.05, 3.63) is 0 Å². The van der Waals surface area contributed by atoms with Crippen LogP contribution >= 0.6 is 0 Å². The SMILES string of the molecule is CCC1CCCN1CCCCCCNCC(C)C. The van der Waals surface area contributed by atoms with Crippen LogP contribution in [0, 0.1) is 5.92 Å². The van der Waals surface area contributed by atoms with E-state index >= 15 is 0 Å². The molecule has 1 aliphatic heterocycles. The predicted molar refractivity (Wildman–Crippen MR) is 81.1 cm³/mol. The molecule has 0 aromatic carbocycles. The lowest BCUT2D eigenvalue weighted by Gasteiger charge is -2.23. The molecular formula is C16H34N2. The summed E-state index contributed by atoms with van der Waals surface area (Å²) in [5.74, 6) is 0.783. The Bertz CT molecular complexity index is 192. The summed E-state index contributed by atoms with van der Waals surface area (Å²) in [5, 5.41) is 3.52. The fourth-order valence-electron chi connectivity index (χ4n) is 2.96. The second-order valence-electron chi connectivity index (χ2n) is 6.25. The highest BCUT2D eigenvalue weighted by atomic mass is 15.2.